The van der Waals surface area contributed by atoms with Gasteiger partial charge in [-0.3, -0.25) is 0 Å². The Balaban J connectivity index is 1.01. The number of halogens is 1. The molecule has 268 valence electrons. The molecule has 0 aliphatic rings. The highest BCUT2D eigenvalue weighted by Crippen LogP contribution is 2.39. The van der Waals surface area contributed by atoms with Gasteiger partial charge in [0.15, 0.2) is 5.82 Å². The molecule has 0 fully saturated rings. The molecule has 0 bridgehead atoms. The van der Waals surface area contributed by atoms with Gasteiger partial charge in [-0.1, -0.05) is 121 Å². The maximum absolute atomic E-state index is 14.7. The van der Waals surface area contributed by atoms with Crippen molar-refractivity contribution in [2.75, 3.05) is 0 Å². The van der Waals surface area contributed by atoms with Crippen LogP contribution >= 0.6 is 0 Å². The first-order chi connectivity index (χ1) is 28.2. The van der Waals surface area contributed by atoms with Crippen molar-refractivity contribution in [1.82, 2.24) is 19.1 Å². The molecule has 5 heteroatoms. The molecule has 0 N–H and O–H groups in total. The minimum Gasteiger partial charge on any atom is -0.309 e. The highest BCUT2D eigenvalue weighted by molar-refractivity contribution is 6.12. The van der Waals surface area contributed by atoms with Crippen LogP contribution in [-0.4, -0.2) is 19.1 Å². The van der Waals surface area contributed by atoms with Crippen molar-refractivity contribution in [3.05, 3.63) is 206 Å². The van der Waals surface area contributed by atoms with Crippen LogP contribution in [0.1, 0.15) is 0 Å². The van der Waals surface area contributed by atoms with Gasteiger partial charge in [0.25, 0.3) is 0 Å². The van der Waals surface area contributed by atoms with Gasteiger partial charge in [-0.25, -0.2) is 14.4 Å². The summed E-state index contributed by atoms with van der Waals surface area (Å²) in [5.74, 6) is 0.454. The lowest BCUT2D eigenvalue weighted by atomic mass is 10.0. The van der Waals surface area contributed by atoms with Crippen molar-refractivity contribution < 1.29 is 4.39 Å². The van der Waals surface area contributed by atoms with E-state index in [0.29, 0.717) is 5.82 Å². The average Bonchev–Trinajstić information content (AvgIpc) is 3.79. The van der Waals surface area contributed by atoms with Gasteiger partial charge in [0, 0.05) is 49.6 Å². The van der Waals surface area contributed by atoms with Crippen molar-refractivity contribution in [3.8, 4) is 56.4 Å². The van der Waals surface area contributed by atoms with Gasteiger partial charge >= 0.3 is 0 Å². The molecule has 0 aliphatic carbocycles. The van der Waals surface area contributed by atoms with E-state index in [2.05, 4.69) is 137 Å². The minimum absolute atomic E-state index is 0.242. The molecule has 4 nitrogen and oxygen atoms in total. The Bertz CT molecular complexity index is 3220. The Labute approximate surface area is 328 Å². The van der Waals surface area contributed by atoms with Crippen molar-refractivity contribution in [3.63, 3.8) is 0 Å². The minimum atomic E-state index is -0.242. The zero-order chi connectivity index (χ0) is 37.9. The molecular weight excluding hydrogens is 700 g/mol. The quantitative estimate of drug-likeness (QED) is 0.171. The van der Waals surface area contributed by atoms with Crippen LogP contribution in [0.25, 0.3) is 100 Å². The van der Waals surface area contributed by atoms with Gasteiger partial charge in [0.05, 0.1) is 33.5 Å². The highest BCUT2D eigenvalue weighted by Gasteiger charge is 2.17. The lowest BCUT2D eigenvalue weighted by Crippen LogP contribution is -1.97. The second-order valence-electron chi connectivity index (χ2n) is 14.4. The average molecular weight is 733 g/mol. The van der Waals surface area contributed by atoms with Gasteiger partial charge in [-0.05, 0) is 90.0 Å². The molecule has 0 saturated carbocycles. The van der Waals surface area contributed by atoms with Crippen LogP contribution < -0.4 is 0 Å². The Hall–Kier alpha value is -7.63. The van der Waals surface area contributed by atoms with E-state index in [1.807, 2.05) is 60.7 Å². The fraction of sp³-hybridized carbons (Fsp3) is 0. The van der Waals surface area contributed by atoms with Crippen LogP contribution in [0.15, 0.2) is 200 Å². The first-order valence-electron chi connectivity index (χ1n) is 19.1. The number of nitrogens with zero attached hydrogens (tertiary/aromatic N) is 4. The van der Waals surface area contributed by atoms with E-state index in [1.165, 1.54) is 10.8 Å². The highest BCUT2D eigenvalue weighted by atomic mass is 19.1. The zero-order valence-electron chi connectivity index (χ0n) is 30.7. The summed E-state index contributed by atoms with van der Waals surface area (Å²) in [4.78, 5) is 10.0. The summed E-state index contributed by atoms with van der Waals surface area (Å²) in [5.41, 5.74) is 13.4. The van der Waals surface area contributed by atoms with E-state index >= 15 is 0 Å². The molecule has 0 unspecified atom stereocenters. The summed E-state index contributed by atoms with van der Waals surface area (Å²) in [6.07, 6.45) is 0. The molecule has 0 spiro atoms. The first kappa shape index (κ1) is 32.8. The molecule has 0 atom stereocenters. The van der Waals surface area contributed by atoms with Gasteiger partial charge in [-0.2, -0.15) is 0 Å². The molecule has 11 rings (SSSR count). The lowest BCUT2D eigenvalue weighted by molar-refractivity contribution is 0.629. The Kier molecular flexibility index (Phi) is 7.64. The molecule has 3 heterocycles. The standard InChI is InChI=1S/C52H33FN4/c53-39-24-29-51-45(32-39)44-31-38(23-28-50(44)56(51)40-16-8-3-9-17-40)37-22-27-49-43(30-37)42-18-10-11-19-48(42)57(49)41-25-20-35(21-26-41)47-33-46(34-12-4-1-5-13-34)54-52(55-47)36-14-6-2-7-15-36/h1-33H. The molecule has 0 amide bonds. The Morgan fingerprint density at radius 3 is 1.39 bits per heavy atom. The van der Waals surface area contributed by atoms with E-state index in [-0.39, 0.29) is 5.82 Å². The molecule has 0 radical (unpaired) electrons. The van der Waals surface area contributed by atoms with Gasteiger partial charge in [0.1, 0.15) is 5.82 Å². The van der Waals surface area contributed by atoms with Crippen molar-refractivity contribution in [2.45, 2.75) is 0 Å². The van der Waals surface area contributed by atoms with E-state index in [1.54, 1.807) is 12.1 Å². The lowest BCUT2D eigenvalue weighted by Gasteiger charge is -2.12. The maximum atomic E-state index is 14.7. The molecule has 11 aromatic rings. The predicted octanol–water partition coefficient (Wildman–Crippen LogP) is 13.5. The maximum Gasteiger partial charge on any atom is 0.160 e. The fourth-order valence-corrected chi connectivity index (χ4v) is 8.31. The van der Waals surface area contributed by atoms with Gasteiger partial charge in [0.2, 0.25) is 0 Å². The van der Waals surface area contributed by atoms with Gasteiger partial charge < -0.3 is 9.13 Å². The van der Waals surface area contributed by atoms with Crippen molar-refractivity contribution >= 4 is 43.6 Å². The topological polar surface area (TPSA) is 35.6 Å². The molecule has 57 heavy (non-hydrogen) atoms. The van der Waals surface area contributed by atoms with E-state index in [0.717, 1.165) is 83.4 Å². The smallest absolute Gasteiger partial charge is 0.160 e. The largest absolute Gasteiger partial charge is 0.309 e. The summed E-state index contributed by atoms with van der Waals surface area (Å²) < 4.78 is 19.3. The third-order valence-corrected chi connectivity index (χ3v) is 11.0. The van der Waals surface area contributed by atoms with Crippen LogP contribution in [0.3, 0.4) is 0 Å². The Morgan fingerprint density at radius 2 is 0.754 bits per heavy atom. The zero-order valence-corrected chi connectivity index (χ0v) is 30.7. The van der Waals surface area contributed by atoms with Crippen LogP contribution in [0.2, 0.25) is 0 Å². The summed E-state index contributed by atoms with van der Waals surface area (Å²) in [6.45, 7) is 0. The molecule has 3 aromatic heterocycles. The molecule has 0 aliphatic heterocycles. The van der Waals surface area contributed by atoms with Crippen LogP contribution in [0, 0.1) is 5.82 Å². The van der Waals surface area contributed by atoms with E-state index < -0.39 is 0 Å². The second kappa shape index (κ2) is 13.3. The fourth-order valence-electron chi connectivity index (χ4n) is 8.31. The summed E-state index contributed by atoms with van der Waals surface area (Å²) in [7, 11) is 0. The Morgan fingerprint density at radius 1 is 0.316 bits per heavy atom. The number of hydrogen-bond donors (Lipinski definition) is 0. The number of benzene rings is 8. The summed E-state index contributed by atoms with van der Waals surface area (Å²) in [5, 5.41) is 4.26. The van der Waals surface area contributed by atoms with Crippen molar-refractivity contribution in [2.24, 2.45) is 0 Å². The summed E-state index contributed by atoms with van der Waals surface area (Å²) in [6, 6.07) is 68.3. The number of aromatic nitrogens is 4. The van der Waals surface area contributed by atoms with E-state index in [4.69, 9.17) is 9.97 Å². The van der Waals surface area contributed by atoms with Crippen LogP contribution in [0.4, 0.5) is 4.39 Å². The SMILES string of the molecule is Fc1ccc2c(c1)c1cc(-c3ccc4c(c3)c3ccccc3n4-c3ccc(-c4cc(-c5ccccc5)nc(-c5ccccc5)n4)cc3)ccc1n2-c1ccccc1. The molecular formula is C52H33FN4. The number of hydrogen-bond acceptors (Lipinski definition) is 2. The van der Waals surface area contributed by atoms with Gasteiger partial charge in [-0.15, -0.1) is 0 Å². The van der Waals surface area contributed by atoms with E-state index in [9.17, 15) is 4.39 Å². The molecule has 0 saturated heterocycles. The second-order valence-corrected chi connectivity index (χ2v) is 14.4. The van der Waals surface area contributed by atoms with Crippen LogP contribution in [-0.2, 0) is 0 Å². The third kappa shape index (κ3) is 5.59. The normalized spacial score (nSPS) is 11.6. The number of para-hydroxylation sites is 2. The predicted molar refractivity (Wildman–Crippen MR) is 232 cm³/mol. The number of rotatable bonds is 6. The van der Waals surface area contributed by atoms with Crippen molar-refractivity contribution in [1.29, 1.82) is 0 Å². The van der Waals surface area contributed by atoms with Crippen LogP contribution in [0.5, 0.6) is 0 Å². The summed E-state index contributed by atoms with van der Waals surface area (Å²) >= 11 is 0. The first-order valence-corrected chi connectivity index (χ1v) is 19.1. The number of fused-ring (bicyclic) bond motifs is 6. The molecule has 8 aromatic carbocycles. The monoisotopic (exact) mass is 732 g/mol. The third-order valence-electron chi connectivity index (χ3n) is 11.0.